The van der Waals surface area contributed by atoms with Crippen LogP contribution in [0.15, 0.2) is 17.1 Å². The zero-order valence-corrected chi connectivity index (χ0v) is 16.0. The van der Waals surface area contributed by atoms with Crippen molar-refractivity contribution >= 4 is 17.5 Å². The molecule has 9 heteroatoms. The van der Waals surface area contributed by atoms with Gasteiger partial charge >= 0.3 is 6.09 Å². The lowest BCUT2D eigenvalue weighted by molar-refractivity contribution is 0.0473. The molecule has 146 valence electrons. The summed E-state index contributed by atoms with van der Waals surface area (Å²) in [7, 11) is 0. The zero-order chi connectivity index (χ0) is 19.8. The van der Waals surface area contributed by atoms with Crippen LogP contribution in [0.5, 0.6) is 0 Å². The third-order valence-corrected chi connectivity index (χ3v) is 4.32. The second kappa shape index (κ2) is 7.05. The third-order valence-electron chi connectivity index (χ3n) is 4.32. The highest BCUT2D eigenvalue weighted by molar-refractivity contribution is 5.93. The summed E-state index contributed by atoms with van der Waals surface area (Å²) in [6, 6.07) is 1.47. The molecule has 27 heavy (non-hydrogen) atoms. The molecule has 2 aromatic rings. The Bertz CT molecular complexity index is 916. The molecule has 2 N–H and O–H groups in total. The molecule has 9 nitrogen and oxygen atoms in total. The summed E-state index contributed by atoms with van der Waals surface area (Å²) in [6.07, 6.45) is 2.50. The Balaban J connectivity index is 1.61. The van der Waals surface area contributed by atoms with Gasteiger partial charge in [0.15, 0.2) is 5.69 Å². The van der Waals surface area contributed by atoms with Gasteiger partial charge in [-0.05, 0) is 40.5 Å². The number of carbonyl (C=O) groups excluding carboxylic acids is 2. The second-order valence-corrected chi connectivity index (χ2v) is 7.84. The van der Waals surface area contributed by atoms with Crippen LogP contribution < -0.4 is 10.9 Å². The molecular weight excluding hydrogens is 350 g/mol. The molecule has 0 radical (unpaired) electrons. The first kappa shape index (κ1) is 18.9. The minimum absolute atomic E-state index is 0.0320. The Labute approximate surface area is 156 Å². The van der Waals surface area contributed by atoms with E-state index < -0.39 is 11.7 Å². The van der Waals surface area contributed by atoms with Crippen molar-refractivity contribution in [2.75, 3.05) is 13.1 Å². The van der Waals surface area contributed by atoms with E-state index in [0.29, 0.717) is 37.1 Å². The summed E-state index contributed by atoms with van der Waals surface area (Å²) in [6.45, 7) is 8.21. The van der Waals surface area contributed by atoms with Gasteiger partial charge in [-0.3, -0.25) is 9.59 Å². The lowest BCUT2D eigenvalue weighted by atomic mass is 10.0. The van der Waals surface area contributed by atoms with Gasteiger partial charge in [0.2, 0.25) is 0 Å². The van der Waals surface area contributed by atoms with Gasteiger partial charge in [0.25, 0.3) is 11.5 Å². The summed E-state index contributed by atoms with van der Waals surface area (Å²) in [5, 5.41) is 7.08. The molecule has 1 aliphatic heterocycles. The maximum Gasteiger partial charge on any atom is 0.407 e. The van der Waals surface area contributed by atoms with Crippen LogP contribution in [0.3, 0.4) is 0 Å². The van der Waals surface area contributed by atoms with E-state index in [0.717, 1.165) is 0 Å². The van der Waals surface area contributed by atoms with E-state index in [2.05, 4.69) is 15.4 Å². The molecule has 1 saturated heterocycles. The van der Waals surface area contributed by atoms with Crippen molar-refractivity contribution in [3.8, 4) is 0 Å². The predicted molar refractivity (Wildman–Crippen MR) is 98.8 cm³/mol. The number of hydrogen-bond acceptors (Lipinski definition) is 5. The first-order chi connectivity index (χ1) is 12.6. The van der Waals surface area contributed by atoms with E-state index in [1.165, 1.54) is 10.6 Å². The van der Waals surface area contributed by atoms with E-state index in [1.807, 2.05) is 20.8 Å². The summed E-state index contributed by atoms with van der Waals surface area (Å²) in [5.74, 6) is -0.216. The standard InChI is InChI=1S/C18H25N5O4/c1-11-10-23-14(15(24)19-11)9-13(21-23)16(25)22-7-5-12(6-8-22)20-17(26)27-18(2,3)4/h9-10,12H,5-8H2,1-4H3,(H,19,24)(H,20,26). The fourth-order valence-electron chi connectivity index (χ4n) is 3.09. The number of H-pyrrole nitrogens is 1. The number of nitrogens with zero attached hydrogens (tertiary/aromatic N) is 3. The van der Waals surface area contributed by atoms with Crippen molar-refractivity contribution in [3.63, 3.8) is 0 Å². The maximum absolute atomic E-state index is 12.7. The van der Waals surface area contributed by atoms with Crippen LogP contribution in [0.1, 0.15) is 49.8 Å². The Morgan fingerprint density at radius 3 is 2.59 bits per heavy atom. The van der Waals surface area contributed by atoms with Gasteiger partial charge < -0.3 is 19.9 Å². The number of ether oxygens (including phenoxy) is 1. The fraction of sp³-hybridized carbons (Fsp3) is 0.556. The van der Waals surface area contributed by atoms with Gasteiger partial charge in [-0.2, -0.15) is 5.10 Å². The normalized spacial score (nSPS) is 15.8. The van der Waals surface area contributed by atoms with E-state index in [1.54, 1.807) is 18.0 Å². The van der Waals surface area contributed by atoms with Crippen LogP contribution >= 0.6 is 0 Å². The van der Waals surface area contributed by atoms with Crippen LogP contribution in [0.25, 0.3) is 5.52 Å². The zero-order valence-electron chi connectivity index (χ0n) is 16.0. The number of rotatable bonds is 2. The molecule has 2 amide bonds. The number of aromatic nitrogens is 3. The molecule has 3 rings (SSSR count). The molecule has 1 aliphatic rings. The van der Waals surface area contributed by atoms with Crippen LogP contribution in [-0.4, -0.2) is 56.2 Å². The molecule has 0 atom stereocenters. The Morgan fingerprint density at radius 1 is 1.30 bits per heavy atom. The van der Waals surface area contributed by atoms with Crippen LogP contribution in [0.4, 0.5) is 4.79 Å². The van der Waals surface area contributed by atoms with Crippen LogP contribution in [0, 0.1) is 6.92 Å². The highest BCUT2D eigenvalue weighted by Gasteiger charge is 2.27. The summed E-state index contributed by atoms with van der Waals surface area (Å²) >= 11 is 0. The molecule has 0 saturated carbocycles. The molecule has 0 aliphatic carbocycles. The summed E-state index contributed by atoms with van der Waals surface area (Å²) < 4.78 is 6.69. The number of hydrogen-bond donors (Lipinski definition) is 2. The van der Waals surface area contributed by atoms with Crippen molar-refractivity contribution in [2.45, 2.75) is 52.2 Å². The number of amides is 2. The number of fused-ring (bicyclic) bond motifs is 1. The first-order valence-electron chi connectivity index (χ1n) is 9.00. The number of aromatic amines is 1. The van der Waals surface area contributed by atoms with Crippen molar-refractivity contribution in [2.24, 2.45) is 0 Å². The summed E-state index contributed by atoms with van der Waals surface area (Å²) in [4.78, 5) is 40.9. The Hall–Kier alpha value is -2.84. The average molecular weight is 375 g/mol. The van der Waals surface area contributed by atoms with E-state index in [-0.39, 0.29) is 23.2 Å². The number of aryl methyl sites for hydroxylation is 1. The summed E-state index contributed by atoms with van der Waals surface area (Å²) in [5.41, 5.74) is 0.431. The van der Waals surface area contributed by atoms with Crippen molar-refractivity contribution in [1.29, 1.82) is 0 Å². The SMILES string of the molecule is Cc1cn2nc(C(=O)N3CCC(NC(=O)OC(C)(C)C)CC3)cc2c(=O)[nH]1. The quantitative estimate of drug-likeness (QED) is 0.826. The Morgan fingerprint density at radius 2 is 1.96 bits per heavy atom. The predicted octanol–water partition coefficient (Wildman–Crippen LogP) is 1.46. The monoisotopic (exact) mass is 375 g/mol. The molecule has 0 spiro atoms. The minimum Gasteiger partial charge on any atom is -0.444 e. The third kappa shape index (κ3) is 4.47. The number of piperidine rings is 1. The number of nitrogens with one attached hydrogen (secondary N) is 2. The number of likely N-dealkylation sites (tertiary alicyclic amines) is 1. The van der Waals surface area contributed by atoms with E-state index in [4.69, 9.17) is 4.74 Å². The lowest BCUT2D eigenvalue weighted by Crippen LogP contribution is -2.47. The largest absolute Gasteiger partial charge is 0.444 e. The molecular formula is C18H25N5O4. The van der Waals surface area contributed by atoms with Crippen LogP contribution in [-0.2, 0) is 4.74 Å². The topological polar surface area (TPSA) is 109 Å². The van der Waals surface area contributed by atoms with Gasteiger partial charge in [-0.1, -0.05) is 0 Å². The van der Waals surface area contributed by atoms with Gasteiger partial charge in [0, 0.05) is 37.1 Å². The van der Waals surface area contributed by atoms with Crippen LogP contribution in [0.2, 0.25) is 0 Å². The van der Waals surface area contributed by atoms with Gasteiger partial charge in [-0.15, -0.1) is 0 Å². The van der Waals surface area contributed by atoms with Crippen molar-refractivity contribution < 1.29 is 14.3 Å². The fourth-order valence-corrected chi connectivity index (χ4v) is 3.09. The van der Waals surface area contributed by atoms with Crippen molar-refractivity contribution in [1.82, 2.24) is 24.8 Å². The molecule has 1 fully saturated rings. The average Bonchev–Trinajstić information content (AvgIpc) is 2.97. The highest BCUT2D eigenvalue weighted by atomic mass is 16.6. The smallest absolute Gasteiger partial charge is 0.407 e. The van der Waals surface area contributed by atoms with E-state index in [9.17, 15) is 14.4 Å². The van der Waals surface area contributed by atoms with Crippen molar-refractivity contribution in [3.05, 3.63) is 34.0 Å². The first-order valence-corrected chi connectivity index (χ1v) is 9.00. The molecule has 0 unspecified atom stereocenters. The molecule has 0 bridgehead atoms. The minimum atomic E-state index is -0.542. The molecule has 2 aromatic heterocycles. The highest BCUT2D eigenvalue weighted by Crippen LogP contribution is 2.15. The van der Waals surface area contributed by atoms with Gasteiger partial charge in [0.05, 0.1) is 0 Å². The molecule has 0 aromatic carbocycles. The number of alkyl carbamates (subject to hydrolysis) is 1. The van der Waals surface area contributed by atoms with Gasteiger partial charge in [-0.25, -0.2) is 9.31 Å². The molecule has 3 heterocycles. The maximum atomic E-state index is 12.7. The van der Waals surface area contributed by atoms with E-state index >= 15 is 0 Å². The van der Waals surface area contributed by atoms with Gasteiger partial charge in [0.1, 0.15) is 11.1 Å². The Kier molecular flexibility index (Phi) is 4.95. The lowest BCUT2D eigenvalue weighted by Gasteiger charge is -2.32. The second-order valence-electron chi connectivity index (χ2n) is 7.84. The number of carbonyl (C=O) groups is 2.